The van der Waals surface area contributed by atoms with Gasteiger partial charge in [0.1, 0.15) is 5.41 Å². The van der Waals surface area contributed by atoms with Crippen molar-refractivity contribution in [3.63, 3.8) is 0 Å². The molecule has 1 aromatic rings. The normalized spacial score (nSPS) is 10.5. The first-order chi connectivity index (χ1) is 13.2. The topological polar surface area (TPSA) is 164 Å². The molecule has 11 nitrogen and oxygen atoms in total. The molecule has 1 rings (SSSR count). The summed E-state index contributed by atoms with van der Waals surface area (Å²) < 4.78 is 2.06. The highest BCUT2D eigenvalue weighted by Crippen LogP contribution is 2.21. The number of carboxylic acids is 1. The van der Waals surface area contributed by atoms with Gasteiger partial charge in [-0.2, -0.15) is 0 Å². The standard InChI is InChI=1S/C9H15N3O6.C8H10O2/c13-4-1-10-7(16)11(2-5-14)9(18)12(3-6-15)8(10)17;1-4-8(5-2,6-3)7(9)10/h13-15H,1-6H2;4-6H,1-3H2,(H,9,10). The molecule has 0 saturated carbocycles. The van der Waals surface area contributed by atoms with Crippen LogP contribution in [-0.4, -0.2) is 59.9 Å². The van der Waals surface area contributed by atoms with Crippen molar-refractivity contribution in [3.8, 4) is 0 Å². The van der Waals surface area contributed by atoms with E-state index in [0.29, 0.717) is 13.7 Å². The van der Waals surface area contributed by atoms with Crippen molar-refractivity contribution in [2.24, 2.45) is 5.41 Å². The predicted molar refractivity (Wildman–Crippen MR) is 101 cm³/mol. The minimum Gasteiger partial charge on any atom is -0.480 e. The second-order valence-electron chi connectivity index (χ2n) is 5.32. The molecule has 0 amide bonds. The number of aliphatic hydroxyl groups is 3. The number of hydrogen-bond donors (Lipinski definition) is 4. The number of aromatic nitrogens is 3. The van der Waals surface area contributed by atoms with Gasteiger partial charge in [-0.1, -0.05) is 18.2 Å². The first-order valence-electron chi connectivity index (χ1n) is 8.12. The number of carbonyl (C=O) groups is 1. The smallest absolute Gasteiger partial charge is 0.336 e. The van der Waals surface area contributed by atoms with E-state index in [0.717, 1.165) is 0 Å². The van der Waals surface area contributed by atoms with Crippen molar-refractivity contribution < 1.29 is 25.2 Å². The number of rotatable bonds is 10. The molecule has 0 spiro atoms. The third kappa shape index (κ3) is 5.49. The van der Waals surface area contributed by atoms with Gasteiger partial charge in [-0.3, -0.25) is 4.79 Å². The second kappa shape index (κ2) is 11.6. The summed E-state index contributed by atoms with van der Waals surface area (Å²) in [6, 6.07) is 0. The fraction of sp³-hybridized carbons (Fsp3) is 0.412. The van der Waals surface area contributed by atoms with Gasteiger partial charge in [0.25, 0.3) is 0 Å². The molecule has 0 saturated heterocycles. The first-order valence-corrected chi connectivity index (χ1v) is 8.12. The first kappa shape index (κ1) is 25.0. The Morgan fingerprint density at radius 3 is 1.11 bits per heavy atom. The zero-order valence-electron chi connectivity index (χ0n) is 15.4. The lowest BCUT2D eigenvalue weighted by Gasteiger charge is -2.14. The molecule has 4 N–H and O–H groups in total. The van der Waals surface area contributed by atoms with E-state index in [-0.39, 0.29) is 19.6 Å². The lowest BCUT2D eigenvalue weighted by molar-refractivity contribution is -0.141. The highest BCUT2D eigenvalue weighted by Gasteiger charge is 2.27. The summed E-state index contributed by atoms with van der Waals surface area (Å²) in [6.45, 7) is 8.04. The highest BCUT2D eigenvalue weighted by atomic mass is 16.4. The summed E-state index contributed by atoms with van der Waals surface area (Å²) in [4.78, 5) is 45.8. The van der Waals surface area contributed by atoms with Crippen LogP contribution in [0.3, 0.4) is 0 Å². The molecule has 0 aliphatic heterocycles. The van der Waals surface area contributed by atoms with Gasteiger partial charge in [0.05, 0.1) is 39.5 Å². The highest BCUT2D eigenvalue weighted by molar-refractivity contribution is 5.81. The van der Waals surface area contributed by atoms with Gasteiger partial charge in [0.2, 0.25) is 0 Å². The summed E-state index contributed by atoms with van der Waals surface area (Å²) in [5.74, 6) is -1.01. The number of hydrogen-bond acceptors (Lipinski definition) is 7. The molecule has 0 aliphatic carbocycles. The predicted octanol–water partition coefficient (Wildman–Crippen LogP) is -2.24. The SMILES string of the molecule is C=CC(C=C)(C=C)C(=O)O.O=c1n(CCO)c(=O)n(CCO)c(=O)n1CCO. The Balaban J connectivity index is 0.000000621. The zero-order chi connectivity index (χ0) is 21.9. The number of nitrogens with zero attached hydrogens (tertiary/aromatic N) is 3. The van der Waals surface area contributed by atoms with Crippen molar-refractivity contribution in [3.05, 3.63) is 69.4 Å². The summed E-state index contributed by atoms with van der Waals surface area (Å²) in [5.41, 5.74) is -3.83. The Kier molecular flexibility index (Phi) is 10.4. The molecule has 1 heterocycles. The molecule has 11 heteroatoms. The maximum absolute atomic E-state index is 11.8. The van der Waals surface area contributed by atoms with Gasteiger partial charge in [0, 0.05) is 0 Å². The molecule has 0 bridgehead atoms. The van der Waals surface area contributed by atoms with Crippen LogP contribution < -0.4 is 17.1 Å². The van der Waals surface area contributed by atoms with E-state index >= 15 is 0 Å². The van der Waals surface area contributed by atoms with Gasteiger partial charge in [-0.05, 0) is 0 Å². The monoisotopic (exact) mass is 399 g/mol. The van der Waals surface area contributed by atoms with Crippen LogP contribution in [0.1, 0.15) is 0 Å². The fourth-order valence-electron chi connectivity index (χ4n) is 2.07. The molecular weight excluding hydrogens is 374 g/mol. The lowest BCUT2D eigenvalue weighted by atomic mass is 9.89. The van der Waals surface area contributed by atoms with Crippen molar-refractivity contribution in [1.82, 2.24) is 13.7 Å². The molecular formula is C17H25N3O8. The third-order valence-electron chi connectivity index (χ3n) is 3.74. The van der Waals surface area contributed by atoms with E-state index in [1.807, 2.05) is 0 Å². The maximum Gasteiger partial charge on any atom is 0.336 e. The van der Waals surface area contributed by atoms with Gasteiger partial charge in [-0.25, -0.2) is 28.1 Å². The van der Waals surface area contributed by atoms with Crippen LogP contribution in [0.2, 0.25) is 0 Å². The lowest BCUT2D eigenvalue weighted by Crippen LogP contribution is -2.55. The van der Waals surface area contributed by atoms with Crippen molar-refractivity contribution in [1.29, 1.82) is 0 Å². The quantitative estimate of drug-likeness (QED) is 0.321. The Morgan fingerprint density at radius 2 is 1.00 bits per heavy atom. The van der Waals surface area contributed by atoms with Crippen LogP contribution >= 0.6 is 0 Å². The van der Waals surface area contributed by atoms with Crippen LogP contribution in [0.5, 0.6) is 0 Å². The molecule has 156 valence electrons. The zero-order valence-corrected chi connectivity index (χ0v) is 15.4. The number of carboxylic acid groups (broad SMARTS) is 1. The Bertz CT molecular complexity index is 745. The van der Waals surface area contributed by atoms with Crippen LogP contribution in [-0.2, 0) is 24.4 Å². The van der Waals surface area contributed by atoms with Crippen LogP contribution in [0.15, 0.2) is 52.3 Å². The van der Waals surface area contributed by atoms with E-state index in [1.54, 1.807) is 0 Å². The van der Waals surface area contributed by atoms with Crippen LogP contribution in [0.4, 0.5) is 0 Å². The molecule has 0 aromatic carbocycles. The van der Waals surface area contributed by atoms with Crippen LogP contribution in [0.25, 0.3) is 0 Å². The second-order valence-corrected chi connectivity index (χ2v) is 5.32. The fourth-order valence-corrected chi connectivity index (χ4v) is 2.07. The van der Waals surface area contributed by atoms with Gasteiger partial charge in [0.15, 0.2) is 0 Å². The molecule has 0 aliphatic rings. The summed E-state index contributed by atoms with van der Waals surface area (Å²) in [6.07, 6.45) is 3.86. The van der Waals surface area contributed by atoms with Crippen molar-refractivity contribution >= 4 is 5.97 Å². The summed E-state index contributed by atoms with van der Waals surface area (Å²) >= 11 is 0. The number of aliphatic carboxylic acids is 1. The summed E-state index contributed by atoms with van der Waals surface area (Å²) in [7, 11) is 0. The van der Waals surface area contributed by atoms with E-state index in [1.165, 1.54) is 18.2 Å². The minimum absolute atomic E-state index is 0.255. The van der Waals surface area contributed by atoms with E-state index in [4.69, 9.17) is 20.4 Å². The largest absolute Gasteiger partial charge is 0.480 e. The van der Waals surface area contributed by atoms with Crippen molar-refractivity contribution in [2.75, 3.05) is 19.8 Å². The molecule has 28 heavy (non-hydrogen) atoms. The average Bonchev–Trinajstić information content (AvgIpc) is 2.68. The third-order valence-corrected chi connectivity index (χ3v) is 3.74. The minimum atomic E-state index is -1.17. The van der Waals surface area contributed by atoms with Gasteiger partial charge >= 0.3 is 23.0 Å². The van der Waals surface area contributed by atoms with Crippen LogP contribution in [0, 0.1) is 5.41 Å². The van der Waals surface area contributed by atoms with E-state index < -0.39 is 48.3 Å². The van der Waals surface area contributed by atoms with E-state index in [9.17, 15) is 19.2 Å². The van der Waals surface area contributed by atoms with Crippen molar-refractivity contribution in [2.45, 2.75) is 19.6 Å². The summed E-state index contributed by atoms with van der Waals surface area (Å²) in [5, 5.41) is 35.0. The average molecular weight is 399 g/mol. The molecule has 0 radical (unpaired) electrons. The molecule has 0 unspecified atom stereocenters. The Labute approximate surface area is 160 Å². The van der Waals surface area contributed by atoms with Gasteiger partial charge < -0.3 is 20.4 Å². The maximum atomic E-state index is 11.8. The van der Waals surface area contributed by atoms with Gasteiger partial charge in [-0.15, -0.1) is 19.7 Å². The molecule has 1 aromatic heterocycles. The molecule has 0 fully saturated rings. The Morgan fingerprint density at radius 1 is 0.750 bits per heavy atom. The Hall–Kier alpha value is -3.02. The van der Waals surface area contributed by atoms with E-state index in [2.05, 4.69) is 19.7 Å². The molecule has 0 atom stereocenters. The number of aliphatic hydroxyl groups excluding tert-OH is 3.